The summed E-state index contributed by atoms with van der Waals surface area (Å²) in [4.78, 5) is 21.8. The van der Waals surface area contributed by atoms with Crippen LogP contribution in [0.3, 0.4) is 0 Å². The van der Waals surface area contributed by atoms with Crippen molar-refractivity contribution in [2.24, 2.45) is 0 Å². The van der Waals surface area contributed by atoms with Crippen molar-refractivity contribution < 1.29 is 9.59 Å². The standard InChI is InChI=1S/C8H15ClN2O2/c1-3-4-5-10-8(13)11-7(12)6(2)9/h6H,3-5H2,1-2H3,(H2,10,11,12,13)/t6-/m1/s1. The summed E-state index contributed by atoms with van der Waals surface area (Å²) >= 11 is 5.44. The van der Waals surface area contributed by atoms with Crippen LogP contribution in [0, 0.1) is 0 Å². The number of carbonyl (C=O) groups excluding carboxylic acids is 2. The van der Waals surface area contributed by atoms with Gasteiger partial charge in [-0.05, 0) is 13.3 Å². The normalized spacial score (nSPS) is 11.9. The first-order chi connectivity index (χ1) is 6.07. The monoisotopic (exact) mass is 206 g/mol. The first-order valence-corrected chi connectivity index (χ1v) is 4.74. The van der Waals surface area contributed by atoms with Gasteiger partial charge in [0.05, 0.1) is 0 Å². The molecule has 76 valence electrons. The van der Waals surface area contributed by atoms with Gasteiger partial charge in [0.25, 0.3) is 0 Å². The number of hydrogen-bond acceptors (Lipinski definition) is 2. The summed E-state index contributed by atoms with van der Waals surface area (Å²) in [5.41, 5.74) is 0. The van der Waals surface area contributed by atoms with E-state index in [1.165, 1.54) is 6.92 Å². The maximum Gasteiger partial charge on any atom is 0.321 e. The minimum atomic E-state index is -0.683. The molecular weight excluding hydrogens is 192 g/mol. The third-order valence-corrected chi connectivity index (χ3v) is 1.61. The van der Waals surface area contributed by atoms with E-state index in [1.807, 2.05) is 6.92 Å². The molecule has 3 amide bonds. The van der Waals surface area contributed by atoms with E-state index in [4.69, 9.17) is 11.6 Å². The molecule has 0 aromatic carbocycles. The van der Waals surface area contributed by atoms with E-state index in [1.54, 1.807) is 0 Å². The summed E-state index contributed by atoms with van der Waals surface area (Å²) in [5.74, 6) is -0.476. The number of alkyl halides is 1. The van der Waals surface area contributed by atoms with Crippen molar-refractivity contribution in [3.8, 4) is 0 Å². The summed E-state index contributed by atoms with van der Waals surface area (Å²) < 4.78 is 0. The van der Waals surface area contributed by atoms with Crippen LogP contribution in [0.4, 0.5) is 4.79 Å². The average Bonchev–Trinajstić information content (AvgIpc) is 2.04. The third kappa shape index (κ3) is 6.40. The summed E-state index contributed by atoms with van der Waals surface area (Å²) in [5, 5.41) is 3.97. The molecule has 0 saturated carbocycles. The van der Waals surface area contributed by atoms with Gasteiger partial charge in [0, 0.05) is 6.54 Å². The average molecular weight is 207 g/mol. The molecule has 2 N–H and O–H groups in total. The molecule has 5 heteroatoms. The van der Waals surface area contributed by atoms with Crippen LogP contribution in [-0.2, 0) is 4.79 Å². The number of urea groups is 1. The highest BCUT2D eigenvalue weighted by Crippen LogP contribution is 1.91. The smallest absolute Gasteiger partial charge is 0.321 e. The number of rotatable bonds is 4. The van der Waals surface area contributed by atoms with Crippen molar-refractivity contribution in [1.82, 2.24) is 10.6 Å². The van der Waals surface area contributed by atoms with E-state index in [9.17, 15) is 9.59 Å². The number of hydrogen-bond donors (Lipinski definition) is 2. The van der Waals surface area contributed by atoms with Gasteiger partial charge in [-0.25, -0.2) is 4.79 Å². The Bertz CT molecular complexity index is 183. The van der Waals surface area contributed by atoms with Crippen LogP contribution in [0.25, 0.3) is 0 Å². The summed E-state index contributed by atoms with van der Waals surface area (Å²) in [7, 11) is 0. The molecule has 0 aliphatic heterocycles. The van der Waals surface area contributed by atoms with Gasteiger partial charge in [0.15, 0.2) is 0 Å². The lowest BCUT2D eigenvalue weighted by Gasteiger charge is -2.06. The Morgan fingerprint density at radius 2 is 2.08 bits per heavy atom. The van der Waals surface area contributed by atoms with E-state index < -0.39 is 17.3 Å². The molecule has 4 nitrogen and oxygen atoms in total. The molecule has 0 rings (SSSR count). The zero-order valence-electron chi connectivity index (χ0n) is 7.89. The van der Waals surface area contributed by atoms with Gasteiger partial charge in [-0.1, -0.05) is 13.3 Å². The molecule has 0 aliphatic carbocycles. The van der Waals surface area contributed by atoms with Crippen LogP contribution in [0.5, 0.6) is 0 Å². The Morgan fingerprint density at radius 3 is 2.54 bits per heavy atom. The van der Waals surface area contributed by atoms with Crippen LogP contribution >= 0.6 is 11.6 Å². The van der Waals surface area contributed by atoms with Crippen molar-refractivity contribution in [1.29, 1.82) is 0 Å². The van der Waals surface area contributed by atoms with Crippen LogP contribution in [-0.4, -0.2) is 23.9 Å². The summed E-state index contributed by atoms with van der Waals surface area (Å²) in [6, 6.07) is -0.481. The predicted molar refractivity (Wildman–Crippen MR) is 51.8 cm³/mol. The highest BCUT2D eigenvalue weighted by atomic mass is 35.5. The SMILES string of the molecule is CCCCNC(=O)NC(=O)[C@@H](C)Cl. The van der Waals surface area contributed by atoms with Crippen LogP contribution in [0.15, 0.2) is 0 Å². The molecule has 0 bridgehead atoms. The van der Waals surface area contributed by atoms with Gasteiger partial charge in [0.2, 0.25) is 5.91 Å². The Balaban J connectivity index is 3.56. The topological polar surface area (TPSA) is 58.2 Å². The van der Waals surface area contributed by atoms with E-state index >= 15 is 0 Å². The molecule has 0 aliphatic rings. The molecule has 0 aromatic heterocycles. The van der Waals surface area contributed by atoms with E-state index in [0.29, 0.717) is 6.54 Å². The molecule has 0 unspecified atom stereocenters. The minimum absolute atomic E-state index is 0.476. The fourth-order valence-electron chi connectivity index (χ4n) is 0.634. The van der Waals surface area contributed by atoms with Crippen molar-refractivity contribution in [3.63, 3.8) is 0 Å². The van der Waals surface area contributed by atoms with Crippen molar-refractivity contribution >= 4 is 23.5 Å². The molecule has 0 radical (unpaired) electrons. The van der Waals surface area contributed by atoms with E-state index in [2.05, 4.69) is 10.6 Å². The highest BCUT2D eigenvalue weighted by molar-refractivity contribution is 6.31. The van der Waals surface area contributed by atoms with E-state index in [-0.39, 0.29) is 0 Å². The van der Waals surface area contributed by atoms with Gasteiger partial charge < -0.3 is 5.32 Å². The fraction of sp³-hybridized carbons (Fsp3) is 0.750. The Morgan fingerprint density at radius 1 is 1.46 bits per heavy atom. The Kier molecular flexibility index (Phi) is 6.32. The van der Waals surface area contributed by atoms with Crippen LogP contribution in [0.1, 0.15) is 26.7 Å². The number of amides is 3. The second-order valence-corrected chi connectivity index (χ2v) is 3.37. The maximum atomic E-state index is 10.9. The number of unbranched alkanes of at least 4 members (excludes halogenated alkanes) is 1. The van der Waals surface area contributed by atoms with Crippen molar-refractivity contribution in [2.45, 2.75) is 32.1 Å². The van der Waals surface area contributed by atoms with Gasteiger partial charge >= 0.3 is 6.03 Å². The number of carbonyl (C=O) groups is 2. The lowest BCUT2D eigenvalue weighted by molar-refractivity contribution is -0.119. The van der Waals surface area contributed by atoms with Gasteiger partial charge in [0.1, 0.15) is 5.38 Å². The number of halogens is 1. The quantitative estimate of drug-likeness (QED) is 0.537. The van der Waals surface area contributed by atoms with Gasteiger partial charge in [-0.2, -0.15) is 0 Å². The lowest BCUT2D eigenvalue weighted by atomic mass is 10.3. The first-order valence-electron chi connectivity index (χ1n) is 4.30. The molecule has 0 saturated heterocycles. The Labute approximate surface area is 83.0 Å². The van der Waals surface area contributed by atoms with E-state index in [0.717, 1.165) is 12.8 Å². The zero-order valence-corrected chi connectivity index (χ0v) is 8.65. The Hall–Kier alpha value is -0.770. The summed E-state index contributed by atoms with van der Waals surface area (Å²) in [6.45, 7) is 4.11. The number of nitrogens with one attached hydrogen (secondary N) is 2. The minimum Gasteiger partial charge on any atom is -0.338 e. The predicted octanol–water partition coefficient (Wildman–Crippen LogP) is 1.24. The second-order valence-electron chi connectivity index (χ2n) is 2.71. The van der Waals surface area contributed by atoms with Crippen LogP contribution < -0.4 is 10.6 Å². The molecule has 0 aromatic rings. The first kappa shape index (κ1) is 12.2. The van der Waals surface area contributed by atoms with Gasteiger partial charge in [-0.3, -0.25) is 10.1 Å². The molecule has 13 heavy (non-hydrogen) atoms. The molecule has 0 heterocycles. The second kappa shape index (κ2) is 6.71. The van der Waals surface area contributed by atoms with Gasteiger partial charge in [-0.15, -0.1) is 11.6 Å². The number of imide groups is 1. The molecule has 0 spiro atoms. The zero-order chi connectivity index (χ0) is 10.3. The third-order valence-electron chi connectivity index (χ3n) is 1.41. The van der Waals surface area contributed by atoms with Crippen molar-refractivity contribution in [3.05, 3.63) is 0 Å². The maximum absolute atomic E-state index is 10.9. The lowest BCUT2D eigenvalue weighted by Crippen LogP contribution is -2.42. The van der Waals surface area contributed by atoms with Crippen molar-refractivity contribution in [2.75, 3.05) is 6.54 Å². The van der Waals surface area contributed by atoms with Crippen LogP contribution in [0.2, 0.25) is 0 Å². The fourth-order valence-corrected chi connectivity index (χ4v) is 0.689. The molecule has 1 atom stereocenters. The largest absolute Gasteiger partial charge is 0.338 e. The summed E-state index contributed by atoms with van der Waals surface area (Å²) in [6.07, 6.45) is 1.90. The molecule has 0 fully saturated rings. The molecular formula is C8H15ClN2O2. The highest BCUT2D eigenvalue weighted by Gasteiger charge is 2.11.